The van der Waals surface area contributed by atoms with Gasteiger partial charge in [0.25, 0.3) is 0 Å². The van der Waals surface area contributed by atoms with Crippen LogP contribution in [0.25, 0.3) is 0 Å². The summed E-state index contributed by atoms with van der Waals surface area (Å²) in [5, 5.41) is 23.2. The number of ether oxygens (including phenoxy) is 1. The summed E-state index contributed by atoms with van der Waals surface area (Å²) in [6.07, 6.45) is 9.43. The quantitative estimate of drug-likeness (QED) is 0.290. The summed E-state index contributed by atoms with van der Waals surface area (Å²) in [6, 6.07) is 3.46. The third-order valence-electron chi connectivity index (χ3n) is 4.64. The molecule has 0 aliphatic carbocycles. The molecule has 31 heavy (non-hydrogen) atoms. The van der Waals surface area contributed by atoms with Crippen molar-refractivity contribution in [1.29, 1.82) is 0 Å². The van der Waals surface area contributed by atoms with E-state index in [1.165, 1.54) is 11.1 Å². The maximum Gasteiger partial charge on any atom is 1.00 e. The van der Waals surface area contributed by atoms with Gasteiger partial charge in [0.05, 0.1) is 12.5 Å². The van der Waals surface area contributed by atoms with Crippen LogP contribution in [0.1, 0.15) is 70.9 Å². The summed E-state index contributed by atoms with van der Waals surface area (Å²) in [6.45, 7) is 7.63. The SMILES string of the molecule is CCCCCc1cc(O)c(C/C=C(\C)CCC=C(C)C)c(OC(=O)NCC(=O)[O-])c1.[Na+]. The van der Waals surface area contributed by atoms with Crippen LogP contribution >= 0.6 is 0 Å². The summed E-state index contributed by atoms with van der Waals surface area (Å²) in [5.74, 6) is -1.09. The molecule has 0 fully saturated rings. The van der Waals surface area contributed by atoms with Crippen LogP contribution in [0.4, 0.5) is 4.79 Å². The molecule has 0 radical (unpaired) electrons. The number of nitrogens with one attached hydrogen (secondary N) is 1. The van der Waals surface area contributed by atoms with Crippen LogP contribution in [0.2, 0.25) is 0 Å². The van der Waals surface area contributed by atoms with E-state index in [1.807, 2.05) is 13.0 Å². The van der Waals surface area contributed by atoms with Gasteiger partial charge in [0.15, 0.2) is 0 Å². The van der Waals surface area contributed by atoms with Gasteiger partial charge in [0.2, 0.25) is 0 Å². The number of allylic oxidation sites excluding steroid dienone is 4. The van der Waals surface area contributed by atoms with E-state index < -0.39 is 18.6 Å². The fraction of sp³-hybridized carbons (Fsp3) is 0.500. The van der Waals surface area contributed by atoms with E-state index >= 15 is 0 Å². The average molecular weight is 440 g/mol. The third kappa shape index (κ3) is 12.6. The van der Waals surface area contributed by atoms with Crippen LogP contribution in [-0.2, 0) is 17.6 Å². The van der Waals surface area contributed by atoms with Crippen molar-refractivity contribution in [2.45, 2.75) is 72.6 Å². The first kappa shape index (κ1) is 29.2. The van der Waals surface area contributed by atoms with Gasteiger partial charge in [-0.2, -0.15) is 0 Å². The Morgan fingerprint density at radius 2 is 1.87 bits per heavy atom. The molecular formula is C24H34NNaO5. The van der Waals surface area contributed by atoms with Crippen LogP contribution in [0.5, 0.6) is 11.5 Å². The standard InChI is InChI=1S/C24H35NO5.Na/c1-5-6-7-11-19-14-21(26)20(13-12-18(4)10-8-9-17(2)3)22(15-19)30-24(29)25-16-23(27)28;/h9,12,14-15,26H,5-8,10-11,13,16H2,1-4H3,(H,25,29)(H,27,28);/q;+1/p-1/b18-12+;. The Bertz CT molecular complexity index is 782. The van der Waals surface area contributed by atoms with Crippen molar-refractivity contribution in [3.8, 4) is 11.5 Å². The van der Waals surface area contributed by atoms with Crippen molar-refractivity contribution in [1.82, 2.24) is 5.32 Å². The Balaban J connectivity index is 0.00000900. The monoisotopic (exact) mass is 439 g/mol. The van der Waals surface area contributed by atoms with Crippen molar-refractivity contribution in [2.75, 3.05) is 6.54 Å². The molecule has 166 valence electrons. The second kappa shape index (κ2) is 16.0. The predicted octanol–water partition coefficient (Wildman–Crippen LogP) is 1.20. The molecule has 0 atom stereocenters. The molecule has 1 aromatic rings. The molecule has 0 spiro atoms. The van der Waals surface area contributed by atoms with Gasteiger partial charge in [0.1, 0.15) is 11.5 Å². The fourth-order valence-electron chi connectivity index (χ4n) is 2.95. The number of unbranched alkanes of at least 4 members (excludes halogenated alkanes) is 2. The van der Waals surface area contributed by atoms with Crippen molar-refractivity contribution < 1.29 is 54.1 Å². The maximum atomic E-state index is 12.0. The number of hydrogen-bond acceptors (Lipinski definition) is 5. The van der Waals surface area contributed by atoms with Gasteiger partial charge in [0, 0.05) is 5.56 Å². The van der Waals surface area contributed by atoms with Crippen molar-refractivity contribution in [2.24, 2.45) is 0 Å². The van der Waals surface area contributed by atoms with E-state index in [2.05, 4.69) is 32.2 Å². The van der Waals surface area contributed by atoms with E-state index in [9.17, 15) is 19.8 Å². The first-order valence-electron chi connectivity index (χ1n) is 10.5. The number of aromatic hydroxyl groups is 1. The van der Waals surface area contributed by atoms with E-state index in [1.54, 1.807) is 12.1 Å². The van der Waals surface area contributed by atoms with Gasteiger partial charge in [-0.25, -0.2) is 4.79 Å². The number of aliphatic carboxylic acids is 1. The number of carboxylic acid groups (broad SMARTS) is 1. The molecule has 0 saturated heterocycles. The average Bonchev–Trinajstić information content (AvgIpc) is 2.65. The summed E-state index contributed by atoms with van der Waals surface area (Å²) in [5.41, 5.74) is 3.82. The molecule has 0 aliphatic rings. The predicted molar refractivity (Wildman–Crippen MR) is 116 cm³/mol. The van der Waals surface area contributed by atoms with Crippen LogP contribution in [0.15, 0.2) is 35.4 Å². The second-order valence-corrected chi connectivity index (χ2v) is 7.74. The van der Waals surface area contributed by atoms with Gasteiger partial charge in [-0.05, 0) is 70.6 Å². The molecule has 0 heterocycles. The minimum Gasteiger partial charge on any atom is -0.548 e. The molecule has 0 saturated carbocycles. The van der Waals surface area contributed by atoms with Crippen LogP contribution in [0.3, 0.4) is 0 Å². The number of carboxylic acids is 1. The van der Waals surface area contributed by atoms with E-state index in [0.717, 1.165) is 44.1 Å². The number of hydrogen-bond donors (Lipinski definition) is 2. The molecular weight excluding hydrogens is 405 g/mol. The molecule has 2 N–H and O–H groups in total. The zero-order chi connectivity index (χ0) is 22.5. The molecule has 6 nitrogen and oxygen atoms in total. The van der Waals surface area contributed by atoms with Crippen LogP contribution < -0.4 is 44.7 Å². The maximum absolute atomic E-state index is 12.0. The largest absolute Gasteiger partial charge is 1.00 e. The number of rotatable bonds is 12. The van der Waals surface area contributed by atoms with Gasteiger partial charge < -0.3 is 25.1 Å². The summed E-state index contributed by atoms with van der Waals surface area (Å²) in [4.78, 5) is 22.5. The third-order valence-corrected chi connectivity index (χ3v) is 4.64. The Hall–Kier alpha value is -1.76. The summed E-state index contributed by atoms with van der Waals surface area (Å²) in [7, 11) is 0. The van der Waals surface area contributed by atoms with E-state index in [0.29, 0.717) is 12.0 Å². The van der Waals surface area contributed by atoms with Crippen molar-refractivity contribution in [3.63, 3.8) is 0 Å². The Morgan fingerprint density at radius 1 is 1.16 bits per heavy atom. The molecule has 0 aromatic heterocycles. The Kier molecular flexibility index (Phi) is 15.0. The van der Waals surface area contributed by atoms with Crippen LogP contribution in [-0.4, -0.2) is 23.7 Å². The van der Waals surface area contributed by atoms with Gasteiger partial charge in [-0.15, -0.1) is 0 Å². The van der Waals surface area contributed by atoms with Gasteiger partial charge in [-0.1, -0.05) is 43.1 Å². The number of phenolic OH excluding ortho intramolecular Hbond substituents is 1. The topological polar surface area (TPSA) is 98.7 Å². The Labute approximate surface area is 208 Å². The van der Waals surface area contributed by atoms with Crippen molar-refractivity contribution in [3.05, 3.63) is 46.6 Å². The molecule has 0 aliphatic heterocycles. The molecule has 1 amide bonds. The zero-order valence-corrected chi connectivity index (χ0v) is 21.5. The first-order chi connectivity index (χ1) is 14.2. The minimum absolute atomic E-state index is 0. The fourth-order valence-corrected chi connectivity index (χ4v) is 2.95. The van der Waals surface area contributed by atoms with E-state index in [-0.39, 0.29) is 41.1 Å². The van der Waals surface area contributed by atoms with E-state index in [4.69, 9.17) is 4.74 Å². The number of carbonyl (C=O) groups excluding carboxylic acids is 2. The molecule has 0 unspecified atom stereocenters. The molecule has 0 bridgehead atoms. The van der Waals surface area contributed by atoms with Gasteiger partial charge >= 0.3 is 35.7 Å². The van der Waals surface area contributed by atoms with Gasteiger partial charge in [-0.3, -0.25) is 0 Å². The normalized spacial score (nSPS) is 10.8. The molecule has 1 aromatic carbocycles. The summed E-state index contributed by atoms with van der Waals surface area (Å²) < 4.78 is 5.33. The number of aryl methyl sites for hydroxylation is 1. The Morgan fingerprint density at radius 3 is 2.48 bits per heavy atom. The van der Waals surface area contributed by atoms with Crippen LogP contribution in [0, 0.1) is 0 Å². The molecule has 7 heteroatoms. The second-order valence-electron chi connectivity index (χ2n) is 7.74. The van der Waals surface area contributed by atoms with Crippen molar-refractivity contribution >= 4 is 12.1 Å². The number of carbonyl (C=O) groups is 2. The first-order valence-corrected chi connectivity index (χ1v) is 10.5. The number of amides is 1. The smallest absolute Gasteiger partial charge is 0.548 e. The molecule has 1 rings (SSSR count). The summed E-state index contributed by atoms with van der Waals surface area (Å²) >= 11 is 0. The number of phenols is 1. The number of benzene rings is 1. The minimum atomic E-state index is -1.40. The zero-order valence-electron chi connectivity index (χ0n) is 19.5.